The van der Waals surface area contributed by atoms with Crippen molar-refractivity contribution in [1.29, 1.82) is 0 Å². The van der Waals surface area contributed by atoms with E-state index in [0.717, 1.165) is 12.8 Å². The number of methoxy groups -OCH3 is 1. The minimum atomic E-state index is -0.739. The first-order valence-electron chi connectivity index (χ1n) is 13.1. The SMILES string of the molecule is CO[C@H]1CC[C@@H]1NC(=O)c1cnc2c(N(C)C(=O)OC(C)(C)C)cc(Nc3cccn(-c4ccccn4)c3=O)nn12. The zero-order chi connectivity index (χ0) is 29.3. The van der Waals surface area contributed by atoms with E-state index >= 15 is 0 Å². The number of nitrogens with zero attached hydrogens (tertiary/aromatic N) is 6. The largest absolute Gasteiger partial charge is 0.443 e. The standard InChI is InChI=1S/C28H32N8O5/c1-28(2,3)41-27(39)34(4)19-15-22(31-18-9-8-14-35(26(18)38)23-10-6-7-13-29-23)33-36-20(16-30-24(19)36)25(37)32-17-11-12-21(17)40-5/h6-10,13-17,21H,11-12H2,1-5H3,(H,31,33)(H,32,37)/t17-,21-/m0/s1. The minimum Gasteiger partial charge on any atom is -0.443 e. The molecule has 0 spiro atoms. The Hall–Kier alpha value is -4.78. The van der Waals surface area contributed by atoms with Crippen LogP contribution in [0.3, 0.4) is 0 Å². The molecule has 4 heterocycles. The van der Waals surface area contributed by atoms with Gasteiger partial charge < -0.3 is 20.1 Å². The Labute approximate surface area is 236 Å². The van der Waals surface area contributed by atoms with Gasteiger partial charge in [-0.15, -0.1) is 5.10 Å². The van der Waals surface area contributed by atoms with Gasteiger partial charge in [-0.2, -0.15) is 0 Å². The van der Waals surface area contributed by atoms with Crippen molar-refractivity contribution in [2.45, 2.75) is 51.4 Å². The van der Waals surface area contributed by atoms with Crippen molar-refractivity contribution in [2.24, 2.45) is 0 Å². The molecular weight excluding hydrogens is 528 g/mol. The topological polar surface area (TPSA) is 145 Å². The molecule has 1 fully saturated rings. The summed E-state index contributed by atoms with van der Waals surface area (Å²) in [6, 6.07) is 10.0. The molecule has 214 valence electrons. The molecule has 41 heavy (non-hydrogen) atoms. The van der Waals surface area contributed by atoms with E-state index in [1.165, 1.54) is 27.2 Å². The summed E-state index contributed by atoms with van der Waals surface area (Å²) in [5, 5.41) is 10.6. The van der Waals surface area contributed by atoms with Gasteiger partial charge in [-0.25, -0.2) is 19.3 Å². The van der Waals surface area contributed by atoms with Crippen LogP contribution in [0.5, 0.6) is 0 Å². The van der Waals surface area contributed by atoms with Crippen LogP contribution in [0.25, 0.3) is 11.5 Å². The summed E-state index contributed by atoms with van der Waals surface area (Å²) in [6.45, 7) is 5.30. The van der Waals surface area contributed by atoms with Crippen LogP contribution in [0, 0.1) is 0 Å². The van der Waals surface area contributed by atoms with E-state index in [9.17, 15) is 14.4 Å². The van der Waals surface area contributed by atoms with Crippen LogP contribution in [-0.2, 0) is 9.47 Å². The lowest BCUT2D eigenvalue weighted by molar-refractivity contribution is 0.00718. The number of fused-ring (bicyclic) bond motifs is 1. The van der Waals surface area contributed by atoms with Gasteiger partial charge in [-0.1, -0.05) is 6.07 Å². The predicted molar refractivity (Wildman–Crippen MR) is 152 cm³/mol. The average molecular weight is 561 g/mol. The lowest BCUT2D eigenvalue weighted by Gasteiger charge is -2.35. The van der Waals surface area contributed by atoms with Gasteiger partial charge in [-0.3, -0.25) is 19.1 Å². The van der Waals surface area contributed by atoms with Crippen molar-refractivity contribution >= 4 is 34.8 Å². The van der Waals surface area contributed by atoms with E-state index in [4.69, 9.17) is 9.47 Å². The zero-order valence-corrected chi connectivity index (χ0v) is 23.5. The van der Waals surface area contributed by atoms with Crippen LogP contribution in [0.2, 0.25) is 0 Å². The fourth-order valence-corrected chi connectivity index (χ4v) is 4.41. The van der Waals surface area contributed by atoms with E-state index in [-0.39, 0.29) is 40.6 Å². The molecule has 1 saturated carbocycles. The van der Waals surface area contributed by atoms with Crippen molar-refractivity contribution in [3.8, 4) is 5.82 Å². The van der Waals surface area contributed by atoms with Crippen molar-refractivity contribution in [2.75, 3.05) is 24.4 Å². The molecule has 0 bridgehead atoms. The lowest BCUT2D eigenvalue weighted by Crippen LogP contribution is -2.51. The summed E-state index contributed by atoms with van der Waals surface area (Å²) in [4.78, 5) is 49.5. The summed E-state index contributed by atoms with van der Waals surface area (Å²) in [5.41, 5.74) is -0.172. The molecule has 1 aliphatic rings. The molecule has 0 saturated heterocycles. The second-order valence-electron chi connectivity index (χ2n) is 10.7. The zero-order valence-electron chi connectivity index (χ0n) is 23.5. The first kappa shape index (κ1) is 27.8. The van der Waals surface area contributed by atoms with Gasteiger partial charge in [0, 0.05) is 32.6 Å². The monoisotopic (exact) mass is 560 g/mol. The quantitative estimate of drug-likeness (QED) is 0.348. The number of hydrogen-bond donors (Lipinski definition) is 2. The summed E-state index contributed by atoms with van der Waals surface area (Å²) >= 11 is 0. The van der Waals surface area contributed by atoms with Gasteiger partial charge in [0.15, 0.2) is 17.2 Å². The summed E-state index contributed by atoms with van der Waals surface area (Å²) in [5.74, 6) is 0.259. The van der Waals surface area contributed by atoms with Crippen LogP contribution in [-0.4, -0.2) is 68.1 Å². The van der Waals surface area contributed by atoms with Crippen molar-refractivity contribution in [3.05, 3.63) is 71.0 Å². The van der Waals surface area contributed by atoms with Gasteiger partial charge >= 0.3 is 6.09 Å². The Bertz CT molecular complexity index is 1640. The van der Waals surface area contributed by atoms with Gasteiger partial charge in [0.25, 0.3) is 11.5 Å². The maximum absolute atomic E-state index is 13.3. The highest BCUT2D eigenvalue weighted by molar-refractivity contribution is 5.96. The Morgan fingerprint density at radius 3 is 2.59 bits per heavy atom. The van der Waals surface area contributed by atoms with Crippen molar-refractivity contribution in [3.63, 3.8) is 0 Å². The number of amides is 2. The number of ether oxygens (including phenoxy) is 2. The molecule has 13 heteroatoms. The van der Waals surface area contributed by atoms with Gasteiger partial charge in [0.1, 0.15) is 17.1 Å². The minimum absolute atomic E-state index is 0.0588. The Morgan fingerprint density at radius 1 is 1.12 bits per heavy atom. The normalized spacial score (nSPS) is 16.6. The molecule has 0 unspecified atom stereocenters. The summed E-state index contributed by atoms with van der Waals surface area (Å²) in [6.07, 6.45) is 5.57. The molecule has 2 amide bonds. The smallest absolute Gasteiger partial charge is 0.414 e. The van der Waals surface area contributed by atoms with Gasteiger partial charge in [0.2, 0.25) is 0 Å². The van der Waals surface area contributed by atoms with Crippen molar-refractivity contribution in [1.82, 2.24) is 29.5 Å². The molecule has 0 radical (unpaired) electrons. The molecule has 1 aliphatic carbocycles. The van der Waals surface area contributed by atoms with Gasteiger partial charge in [0.05, 0.1) is 24.0 Å². The molecule has 0 aliphatic heterocycles. The van der Waals surface area contributed by atoms with Crippen LogP contribution in [0.15, 0.2) is 59.8 Å². The van der Waals surface area contributed by atoms with Crippen molar-refractivity contribution < 1.29 is 19.1 Å². The number of imidazole rings is 1. The lowest BCUT2D eigenvalue weighted by atomic mass is 9.89. The second-order valence-corrected chi connectivity index (χ2v) is 10.7. The number of hydrogen-bond acceptors (Lipinski definition) is 9. The Balaban J connectivity index is 1.56. The van der Waals surface area contributed by atoms with E-state index in [0.29, 0.717) is 11.5 Å². The molecule has 0 aromatic carbocycles. The fraction of sp³-hybridized carbons (Fsp3) is 0.357. The van der Waals surface area contributed by atoms with E-state index in [1.807, 2.05) is 0 Å². The Kier molecular flexibility index (Phi) is 7.45. The summed E-state index contributed by atoms with van der Waals surface area (Å²) in [7, 11) is 3.15. The highest BCUT2D eigenvalue weighted by Crippen LogP contribution is 2.27. The number of pyridine rings is 2. The van der Waals surface area contributed by atoms with E-state index in [2.05, 4.69) is 25.7 Å². The van der Waals surface area contributed by atoms with Crippen LogP contribution in [0.1, 0.15) is 44.1 Å². The number of nitrogens with one attached hydrogen (secondary N) is 2. The third kappa shape index (κ3) is 5.75. The highest BCUT2D eigenvalue weighted by Gasteiger charge is 2.33. The first-order chi connectivity index (χ1) is 19.6. The third-order valence-electron chi connectivity index (χ3n) is 6.65. The number of aromatic nitrogens is 5. The van der Waals surface area contributed by atoms with Crippen LogP contribution in [0.4, 0.5) is 22.0 Å². The third-order valence-corrected chi connectivity index (χ3v) is 6.65. The number of carbonyl (C=O) groups is 2. The maximum Gasteiger partial charge on any atom is 0.414 e. The number of carbonyl (C=O) groups excluding carboxylic acids is 2. The van der Waals surface area contributed by atoms with Crippen LogP contribution >= 0.6 is 0 Å². The molecule has 4 aromatic heterocycles. The molecule has 5 rings (SSSR count). The Morgan fingerprint density at radius 2 is 1.93 bits per heavy atom. The van der Waals surface area contributed by atoms with E-state index < -0.39 is 17.6 Å². The average Bonchev–Trinajstić information content (AvgIpc) is 3.35. The molecular formula is C28H32N8O5. The summed E-state index contributed by atoms with van der Waals surface area (Å²) < 4.78 is 13.7. The first-order valence-corrected chi connectivity index (χ1v) is 13.1. The fourth-order valence-electron chi connectivity index (χ4n) is 4.41. The molecule has 13 nitrogen and oxygen atoms in total. The number of anilines is 3. The van der Waals surface area contributed by atoms with E-state index in [1.54, 1.807) is 76.7 Å². The molecule has 2 atom stereocenters. The van der Waals surface area contributed by atoms with Gasteiger partial charge in [-0.05, 0) is 57.9 Å². The molecule has 2 N–H and O–H groups in total. The van der Waals surface area contributed by atoms with Crippen LogP contribution < -0.4 is 21.1 Å². The highest BCUT2D eigenvalue weighted by atomic mass is 16.6. The predicted octanol–water partition coefficient (Wildman–Crippen LogP) is 3.30. The second kappa shape index (κ2) is 11.0. The maximum atomic E-state index is 13.3. The number of rotatable bonds is 7. The molecule has 4 aromatic rings.